The third-order valence-electron chi connectivity index (χ3n) is 7.21. The van der Waals surface area contributed by atoms with Crippen LogP contribution in [0.1, 0.15) is 97.8 Å². The van der Waals surface area contributed by atoms with Crippen LogP contribution in [0.25, 0.3) is 11.2 Å². The number of nitrogen functional groups attached to an aromatic ring is 1. The van der Waals surface area contributed by atoms with Crippen molar-refractivity contribution in [2.75, 3.05) is 18.9 Å². The predicted octanol–water partition coefficient (Wildman–Crippen LogP) is 4.09. The number of unbranched alkanes of at least 4 members (excludes halogenated alkanes) is 8. The van der Waals surface area contributed by atoms with Crippen LogP contribution in [0.3, 0.4) is 0 Å². The van der Waals surface area contributed by atoms with Gasteiger partial charge in [-0.15, -0.1) is 0 Å². The minimum Gasteiger partial charge on any atom is -0.465 e. The molecule has 5 N–H and O–H groups in total. The van der Waals surface area contributed by atoms with E-state index in [1.54, 1.807) is 4.57 Å². The summed E-state index contributed by atoms with van der Waals surface area (Å²) < 4.78 is 12.7. The van der Waals surface area contributed by atoms with E-state index in [2.05, 4.69) is 21.9 Å². The molecule has 0 radical (unpaired) electrons. The van der Waals surface area contributed by atoms with Crippen molar-refractivity contribution < 1.29 is 19.1 Å². The number of nitrogens with zero attached hydrogens (tertiary/aromatic N) is 3. The number of hydrogen-bond acceptors (Lipinski definition) is 9. The Bertz CT molecular complexity index is 1070. The number of ether oxygens (including phenoxy) is 2. The predicted molar refractivity (Wildman–Crippen MR) is 152 cm³/mol. The fraction of sp³-hybridized carbons (Fsp3) is 0.750. The minimum atomic E-state index is -0.681. The molecule has 2 heterocycles. The lowest BCUT2D eigenvalue weighted by Crippen LogP contribution is -2.38. The molecule has 0 aliphatic heterocycles. The van der Waals surface area contributed by atoms with E-state index in [0.29, 0.717) is 25.0 Å². The van der Waals surface area contributed by atoms with E-state index < -0.39 is 17.6 Å². The molecular formula is C28H48N6O5. The first-order chi connectivity index (χ1) is 18.8. The van der Waals surface area contributed by atoms with Crippen LogP contribution < -0.4 is 17.0 Å². The molecule has 0 amide bonds. The number of aromatic amines is 1. The first kappa shape index (κ1) is 32.3. The number of imidazole rings is 1. The van der Waals surface area contributed by atoms with Gasteiger partial charge in [-0.1, -0.05) is 78.6 Å². The summed E-state index contributed by atoms with van der Waals surface area (Å²) in [5, 5.41) is 0. The van der Waals surface area contributed by atoms with Crippen LogP contribution in [0, 0.1) is 11.8 Å². The highest BCUT2D eigenvalue weighted by atomic mass is 16.5. The fourth-order valence-electron chi connectivity index (χ4n) is 4.38. The van der Waals surface area contributed by atoms with Gasteiger partial charge in [-0.05, 0) is 18.8 Å². The zero-order valence-electron chi connectivity index (χ0n) is 24.0. The number of hydrogen-bond donors (Lipinski definition) is 3. The van der Waals surface area contributed by atoms with Gasteiger partial charge in [0.2, 0.25) is 5.95 Å². The van der Waals surface area contributed by atoms with Gasteiger partial charge in [0.1, 0.15) is 6.04 Å². The van der Waals surface area contributed by atoms with Crippen molar-refractivity contribution in [1.82, 2.24) is 19.5 Å². The van der Waals surface area contributed by atoms with Crippen LogP contribution in [0.15, 0.2) is 11.1 Å². The lowest BCUT2D eigenvalue weighted by atomic mass is 10.0. The number of fused-ring (bicyclic) bond motifs is 1. The molecule has 0 fully saturated rings. The molecule has 0 aliphatic rings. The Morgan fingerprint density at radius 1 is 1.05 bits per heavy atom. The summed E-state index contributed by atoms with van der Waals surface area (Å²) in [4.78, 5) is 47.6. The Morgan fingerprint density at radius 3 is 2.38 bits per heavy atom. The summed E-state index contributed by atoms with van der Waals surface area (Å²) in [6, 6.07) is -0.681. The van der Waals surface area contributed by atoms with Crippen molar-refractivity contribution in [1.29, 1.82) is 0 Å². The quantitative estimate of drug-likeness (QED) is 0.163. The van der Waals surface area contributed by atoms with Gasteiger partial charge in [-0.3, -0.25) is 19.4 Å². The van der Waals surface area contributed by atoms with E-state index in [-0.39, 0.29) is 42.5 Å². The van der Waals surface area contributed by atoms with Gasteiger partial charge in [0.25, 0.3) is 5.56 Å². The molecule has 0 bridgehead atoms. The van der Waals surface area contributed by atoms with Crippen molar-refractivity contribution in [3.05, 3.63) is 16.7 Å². The molecule has 2 rings (SSSR count). The Hall–Kier alpha value is -2.95. The number of anilines is 1. The van der Waals surface area contributed by atoms with Crippen LogP contribution in [-0.2, 0) is 25.6 Å². The number of carbonyl (C=O) groups is 2. The summed E-state index contributed by atoms with van der Waals surface area (Å²) in [6.07, 6.45) is 13.7. The van der Waals surface area contributed by atoms with E-state index in [1.807, 2.05) is 13.8 Å². The second-order valence-electron chi connectivity index (χ2n) is 10.5. The molecule has 0 aliphatic carbocycles. The van der Waals surface area contributed by atoms with E-state index in [4.69, 9.17) is 20.9 Å². The molecular weight excluding hydrogens is 500 g/mol. The normalized spacial score (nSPS) is 13.7. The SMILES string of the molecule is CCCCCCCCCCCC(=O)OC[C@H](CCOC(=O)[C@@H](N)C(C)CC)Cn1cnc2c(=O)[nH]c(N)nc21. The zero-order chi connectivity index (χ0) is 28.6. The minimum absolute atomic E-state index is 0.00820. The third kappa shape index (κ3) is 11.4. The van der Waals surface area contributed by atoms with Gasteiger partial charge in [-0.2, -0.15) is 4.98 Å². The van der Waals surface area contributed by atoms with Crippen LogP contribution in [0.2, 0.25) is 0 Å². The van der Waals surface area contributed by atoms with E-state index in [9.17, 15) is 14.4 Å². The number of aromatic nitrogens is 4. The van der Waals surface area contributed by atoms with Crippen LogP contribution in [0.4, 0.5) is 5.95 Å². The lowest BCUT2D eigenvalue weighted by Gasteiger charge is -2.20. The molecule has 3 atom stereocenters. The van der Waals surface area contributed by atoms with E-state index in [1.165, 1.54) is 44.9 Å². The monoisotopic (exact) mass is 548 g/mol. The summed E-state index contributed by atoms with van der Waals surface area (Å²) in [5.74, 6) is -0.884. The summed E-state index contributed by atoms with van der Waals surface area (Å²) >= 11 is 0. The molecule has 2 aromatic heterocycles. The largest absolute Gasteiger partial charge is 0.465 e. The number of nitrogens with two attached hydrogens (primary N) is 2. The molecule has 0 saturated carbocycles. The van der Waals surface area contributed by atoms with E-state index in [0.717, 1.165) is 25.7 Å². The molecule has 11 heteroatoms. The highest BCUT2D eigenvalue weighted by Crippen LogP contribution is 2.16. The lowest BCUT2D eigenvalue weighted by molar-refractivity contribution is -0.149. The standard InChI is InChI=1S/C28H48N6O5/c1-4-6-7-8-9-10-11-12-13-14-22(35)39-18-21(15-16-38-27(37)23(29)20(3)5-2)17-34-19-31-24-25(34)32-28(30)33-26(24)36/h19-21,23H,4-18,29H2,1-3H3,(H3,30,32,33,36)/t20?,21-,23+/m1/s1. The maximum atomic E-state index is 12.4. The average Bonchev–Trinajstić information content (AvgIpc) is 3.32. The van der Waals surface area contributed by atoms with Gasteiger partial charge in [-0.25, -0.2) is 4.98 Å². The first-order valence-electron chi connectivity index (χ1n) is 14.5. The van der Waals surface area contributed by atoms with Crippen LogP contribution in [-0.4, -0.2) is 50.7 Å². The molecule has 11 nitrogen and oxygen atoms in total. The molecule has 220 valence electrons. The Balaban J connectivity index is 1.88. The highest BCUT2D eigenvalue weighted by molar-refractivity contribution is 5.75. The summed E-state index contributed by atoms with van der Waals surface area (Å²) in [5.41, 5.74) is 11.8. The van der Waals surface area contributed by atoms with Gasteiger partial charge in [0, 0.05) is 18.9 Å². The molecule has 2 aromatic rings. The van der Waals surface area contributed by atoms with Gasteiger partial charge in [0.15, 0.2) is 11.2 Å². The summed E-state index contributed by atoms with van der Waals surface area (Å²) in [6.45, 7) is 6.73. The van der Waals surface area contributed by atoms with Crippen molar-refractivity contribution in [3.8, 4) is 0 Å². The maximum absolute atomic E-state index is 12.4. The summed E-state index contributed by atoms with van der Waals surface area (Å²) in [7, 11) is 0. The zero-order valence-corrected chi connectivity index (χ0v) is 24.0. The van der Waals surface area contributed by atoms with Crippen molar-refractivity contribution in [3.63, 3.8) is 0 Å². The number of rotatable bonds is 20. The Kier molecular flexibility index (Phi) is 14.6. The fourth-order valence-corrected chi connectivity index (χ4v) is 4.38. The highest BCUT2D eigenvalue weighted by Gasteiger charge is 2.22. The Labute approximate surface area is 231 Å². The molecule has 0 aromatic carbocycles. The number of H-pyrrole nitrogens is 1. The maximum Gasteiger partial charge on any atom is 0.323 e. The topological polar surface area (TPSA) is 168 Å². The molecule has 0 spiro atoms. The number of nitrogens with one attached hydrogen (secondary N) is 1. The third-order valence-corrected chi connectivity index (χ3v) is 7.21. The second kappa shape index (κ2) is 17.6. The number of esters is 2. The molecule has 1 unspecified atom stereocenters. The van der Waals surface area contributed by atoms with Gasteiger partial charge in [0.05, 0.1) is 19.5 Å². The molecule has 0 saturated heterocycles. The average molecular weight is 549 g/mol. The first-order valence-corrected chi connectivity index (χ1v) is 14.5. The molecule has 39 heavy (non-hydrogen) atoms. The van der Waals surface area contributed by atoms with Crippen molar-refractivity contribution in [2.24, 2.45) is 17.6 Å². The van der Waals surface area contributed by atoms with Crippen LogP contribution in [0.5, 0.6) is 0 Å². The smallest absolute Gasteiger partial charge is 0.323 e. The Morgan fingerprint density at radius 2 is 1.72 bits per heavy atom. The van der Waals surface area contributed by atoms with Crippen molar-refractivity contribution >= 4 is 29.1 Å². The van der Waals surface area contributed by atoms with Gasteiger partial charge >= 0.3 is 11.9 Å². The van der Waals surface area contributed by atoms with E-state index >= 15 is 0 Å². The van der Waals surface area contributed by atoms with Crippen molar-refractivity contribution in [2.45, 2.75) is 110 Å². The number of carbonyl (C=O) groups excluding carboxylic acids is 2. The van der Waals surface area contributed by atoms with Gasteiger partial charge < -0.3 is 25.5 Å². The second-order valence-corrected chi connectivity index (χ2v) is 10.5. The van der Waals surface area contributed by atoms with Crippen LogP contribution >= 0.6 is 0 Å².